The Balaban J connectivity index is 2.24. The van der Waals surface area contributed by atoms with Crippen LogP contribution in [0.15, 0.2) is 51.5 Å². The summed E-state index contributed by atoms with van der Waals surface area (Å²) in [4.78, 5) is 0. The number of phenolic OH excluding ortho intramolecular Hbond substituents is 1. The molecule has 0 saturated carbocycles. The van der Waals surface area contributed by atoms with Gasteiger partial charge in [0.1, 0.15) is 11.4 Å². The number of aromatic hydroxyl groups is 1. The van der Waals surface area contributed by atoms with Crippen molar-refractivity contribution in [2.24, 2.45) is 0 Å². The lowest BCUT2D eigenvalue weighted by Gasteiger charge is -1.97. The number of halogens is 1. The van der Waals surface area contributed by atoms with Gasteiger partial charge in [0, 0.05) is 15.4 Å². The molecular weight excluding hydrogens is 282 g/mol. The molecule has 0 radical (unpaired) electrons. The van der Waals surface area contributed by atoms with E-state index in [2.05, 4.69) is 21.1 Å². The van der Waals surface area contributed by atoms with Gasteiger partial charge in [0.15, 0.2) is 5.58 Å². The Kier molecular flexibility index (Phi) is 2.37. The van der Waals surface area contributed by atoms with Crippen LogP contribution in [0.3, 0.4) is 0 Å². The third kappa shape index (κ3) is 1.80. The highest BCUT2D eigenvalue weighted by Gasteiger charge is 2.10. The molecule has 1 N–H and O–H groups in total. The Morgan fingerprint density at radius 2 is 2.00 bits per heavy atom. The Bertz CT molecular complexity index is 691. The molecule has 3 aromatic rings. The van der Waals surface area contributed by atoms with E-state index in [0.717, 1.165) is 26.7 Å². The van der Waals surface area contributed by atoms with Crippen LogP contribution in [0.1, 0.15) is 0 Å². The normalized spacial score (nSPS) is 10.9. The predicted molar refractivity (Wildman–Crippen MR) is 68.8 cm³/mol. The first-order valence-corrected chi connectivity index (χ1v) is 5.88. The summed E-state index contributed by atoms with van der Waals surface area (Å²) >= 11 is 3.38. The summed E-state index contributed by atoms with van der Waals surface area (Å²) in [6.45, 7) is 0. The summed E-state index contributed by atoms with van der Waals surface area (Å²) in [7, 11) is 0. The van der Waals surface area contributed by atoms with E-state index in [1.807, 2.05) is 24.3 Å². The zero-order valence-corrected chi connectivity index (χ0v) is 10.3. The van der Waals surface area contributed by atoms with Gasteiger partial charge in [-0.15, -0.1) is 0 Å². The van der Waals surface area contributed by atoms with Crippen LogP contribution < -0.4 is 0 Å². The van der Waals surface area contributed by atoms with E-state index in [9.17, 15) is 5.11 Å². The van der Waals surface area contributed by atoms with Crippen LogP contribution in [0.2, 0.25) is 0 Å². The van der Waals surface area contributed by atoms with Crippen LogP contribution in [-0.4, -0.2) is 10.3 Å². The summed E-state index contributed by atoms with van der Waals surface area (Å²) in [5.74, 6) is 0.218. The fourth-order valence-electron chi connectivity index (χ4n) is 1.77. The van der Waals surface area contributed by atoms with Crippen molar-refractivity contribution in [3.63, 3.8) is 0 Å². The molecule has 1 aromatic heterocycles. The van der Waals surface area contributed by atoms with Gasteiger partial charge in [0.25, 0.3) is 0 Å². The van der Waals surface area contributed by atoms with Crippen molar-refractivity contribution in [3.05, 3.63) is 46.9 Å². The molecule has 0 aliphatic heterocycles. The van der Waals surface area contributed by atoms with Gasteiger partial charge in [0.05, 0.1) is 0 Å². The molecule has 0 fully saturated rings. The van der Waals surface area contributed by atoms with Crippen LogP contribution in [0.4, 0.5) is 0 Å². The lowest BCUT2D eigenvalue weighted by Crippen LogP contribution is -1.77. The molecular formula is C13H8BrNO2. The number of benzene rings is 2. The molecule has 1 heterocycles. The van der Waals surface area contributed by atoms with Crippen LogP contribution in [0.25, 0.3) is 22.2 Å². The van der Waals surface area contributed by atoms with Crippen molar-refractivity contribution < 1.29 is 9.63 Å². The van der Waals surface area contributed by atoms with E-state index >= 15 is 0 Å². The summed E-state index contributed by atoms with van der Waals surface area (Å²) in [6, 6.07) is 12.7. The molecule has 0 atom stereocenters. The number of hydrogen-bond acceptors (Lipinski definition) is 3. The van der Waals surface area contributed by atoms with Gasteiger partial charge in [-0.05, 0) is 30.3 Å². The standard InChI is InChI=1S/C13H8BrNO2/c14-9-4-5-11-12(7-9)17-15-13(11)8-2-1-3-10(16)6-8/h1-7,16H. The molecule has 0 bridgehead atoms. The van der Waals surface area contributed by atoms with Crippen molar-refractivity contribution in [1.29, 1.82) is 0 Å². The summed E-state index contributed by atoms with van der Waals surface area (Å²) < 4.78 is 6.21. The first-order chi connectivity index (χ1) is 8.24. The topological polar surface area (TPSA) is 46.3 Å². The molecule has 0 aliphatic carbocycles. The highest BCUT2D eigenvalue weighted by Crippen LogP contribution is 2.31. The molecule has 84 valence electrons. The third-order valence-corrected chi connectivity index (χ3v) is 3.05. The maximum atomic E-state index is 9.46. The molecule has 4 heteroatoms. The van der Waals surface area contributed by atoms with Crippen molar-refractivity contribution in [2.75, 3.05) is 0 Å². The summed E-state index contributed by atoms with van der Waals surface area (Å²) in [5, 5.41) is 14.4. The second kappa shape index (κ2) is 3.89. The molecule has 0 amide bonds. The maximum Gasteiger partial charge on any atom is 0.168 e. The highest BCUT2D eigenvalue weighted by atomic mass is 79.9. The van der Waals surface area contributed by atoms with Gasteiger partial charge in [0.2, 0.25) is 0 Å². The quantitative estimate of drug-likeness (QED) is 0.737. The SMILES string of the molecule is Oc1cccc(-c2noc3cc(Br)ccc23)c1. The fourth-order valence-corrected chi connectivity index (χ4v) is 2.11. The molecule has 2 aromatic carbocycles. The number of hydrogen-bond donors (Lipinski definition) is 1. The van der Waals surface area contributed by atoms with Crippen molar-refractivity contribution >= 4 is 26.9 Å². The molecule has 17 heavy (non-hydrogen) atoms. The van der Waals surface area contributed by atoms with Gasteiger partial charge in [-0.1, -0.05) is 33.2 Å². The minimum Gasteiger partial charge on any atom is -0.508 e. The first-order valence-electron chi connectivity index (χ1n) is 5.08. The first kappa shape index (κ1) is 10.4. The Morgan fingerprint density at radius 1 is 1.12 bits per heavy atom. The molecule has 0 spiro atoms. The van der Waals surface area contributed by atoms with E-state index in [-0.39, 0.29) is 5.75 Å². The molecule has 3 nitrogen and oxygen atoms in total. The summed E-state index contributed by atoms with van der Waals surface area (Å²) in [5.41, 5.74) is 2.30. The van der Waals surface area contributed by atoms with Gasteiger partial charge in [-0.2, -0.15) is 0 Å². The molecule has 3 rings (SSSR count). The Morgan fingerprint density at radius 3 is 2.82 bits per heavy atom. The van der Waals surface area contributed by atoms with E-state index in [1.165, 1.54) is 0 Å². The fraction of sp³-hybridized carbons (Fsp3) is 0. The minimum absolute atomic E-state index is 0.218. The number of fused-ring (bicyclic) bond motifs is 1. The van der Waals surface area contributed by atoms with Gasteiger partial charge in [-0.25, -0.2) is 0 Å². The van der Waals surface area contributed by atoms with Crippen molar-refractivity contribution in [1.82, 2.24) is 5.16 Å². The third-order valence-electron chi connectivity index (χ3n) is 2.55. The maximum absolute atomic E-state index is 9.46. The van der Waals surface area contributed by atoms with Gasteiger partial charge < -0.3 is 9.63 Å². The van der Waals surface area contributed by atoms with Crippen LogP contribution >= 0.6 is 15.9 Å². The number of aromatic nitrogens is 1. The minimum atomic E-state index is 0.218. The predicted octanol–water partition coefficient (Wildman–Crippen LogP) is 3.96. The van der Waals surface area contributed by atoms with E-state index in [1.54, 1.807) is 18.2 Å². The molecule has 0 saturated heterocycles. The number of nitrogens with zero attached hydrogens (tertiary/aromatic N) is 1. The molecule has 0 unspecified atom stereocenters. The van der Waals surface area contributed by atoms with E-state index < -0.39 is 0 Å². The van der Waals surface area contributed by atoms with E-state index in [4.69, 9.17) is 4.52 Å². The second-order valence-electron chi connectivity index (χ2n) is 3.72. The van der Waals surface area contributed by atoms with Crippen LogP contribution in [-0.2, 0) is 0 Å². The molecule has 0 aliphatic rings. The van der Waals surface area contributed by atoms with Gasteiger partial charge in [-0.3, -0.25) is 0 Å². The second-order valence-corrected chi connectivity index (χ2v) is 4.64. The van der Waals surface area contributed by atoms with E-state index in [0.29, 0.717) is 0 Å². The number of phenols is 1. The lowest BCUT2D eigenvalue weighted by molar-refractivity contribution is 0.459. The largest absolute Gasteiger partial charge is 0.508 e. The number of rotatable bonds is 1. The van der Waals surface area contributed by atoms with Crippen LogP contribution in [0.5, 0.6) is 5.75 Å². The zero-order chi connectivity index (χ0) is 11.8. The van der Waals surface area contributed by atoms with Crippen molar-refractivity contribution in [3.8, 4) is 17.0 Å². The zero-order valence-electron chi connectivity index (χ0n) is 8.72. The lowest BCUT2D eigenvalue weighted by atomic mass is 10.1. The Hall–Kier alpha value is -1.81. The van der Waals surface area contributed by atoms with Gasteiger partial charge >= 0.3 is 0 Å². The Labute approximate surface area is 106 Å². The monoisotopic (exact) mass is 289 g/mol. The summed E-state index contributed by atoms with van der Waals surface area (Å²) in [6.07, 6.45) is 0. The average Bonchev–Trinajstić information content (AvgIpc) is 2.71. The van der Waals surface area contributed by atoms with Crippen molar-refractivity contribution in [2.45, 2.75) is 0 Å². The average molecular weight is 290 g/mol. The smallest absolute Gasteiger partial charge is 0.168 e. The van der Waals surface area contributed by atoms with Crippen LogP contribution in [0, 0.1) is 0 Å². The highest BCUT2D eigenvalue weighted by molar-refractivity contribution is 9.10.